The smallest absolute Gasteiger partial charge is 0.355 e. The van der Waals surface area contributed by atoms with Crippen LogP contribution < -0.4 is 0 Å². The van der Waals surface area contributed by atoms with Crippen LogP contribution in [-0.4, -0.2) is 36.5 Å². The summed E-state index contributed by atoms with van der Waals surface area (Å²) in [5.41, 5.74) is 1.01. The number of aromatic nitrogens is 1. The molecule has 0 aliphatic rings. The maximum absolute atomic E-state index is 12.1. The van der Waals surface area contributed by atoms with Gasteiger partial charge in [-0.05, 0) is 19.9 Å². The zero-order chi connectivity index (χ0) is 15.6. The first-order valence-electron chi connectivity index (χ1n) is 6.35. The Kier molecular flexibility index (Phi) is 4.42. The predicted octanol–water partition coefficient (Wildman–Crippen LogP) is 2.17. The Morgan fingerprint density at radius 2 is 2.14 bits per heavy atom. The number of nitrogens with zero attached hydrogens (tertiary/aromatic N) is 1. The molecule has 6 nitrogen and oxygen atoms in total. The van der Waals surface area contributed by atoms with Crippen LogP contribution in [-0.2, 0) is 20.8 Å². The summed E-state index contributed by atoms with van der Waals surface area (Å²) in [7, 11) is 1.27. The third-order valence-corrected chi connectivity index (χ3v) is 4.07. The number of methoxy groups -OCH3 is 1. The zero-order valence-electron chi connectivity index (χ0n) is 12.0. The fourth-order valence-electron chi connectivity index (χ4n) is 2.15. The number of carbonyl (C=O) groups is 3. The Morgan fingerprint density at radius 1 is 1.43 bits per heavy atom. The molecule has 0 fully saturated rings. The second-order valence-electron chi connectivity index (χ2n) is 4.33. The molecule has 112 valence electrons. The SMILES string of the molecule is CCOC(=O)c1c(C=O)c2sc(C)cc2n1CC(=O)OC. The average molecular weight is 309 g/mol. The largest absolute Gasteiger partial charge is 0.468 e. The molecule has 21 heavy (non-hydrogen) atoms. The second-order valence-corrected chi connectivity index (χ2v) is 5.59. The van der Waals surface area contributed by atoms with Gasteiger partial charge in [0.25, 0.3) is 0 Å². The van der Waals surface area contributed by atoms with Crippen LogP contribution in [0, 0.1) is 6.92 Å². The normalized spacial score (nSPS) is 10.6. The Hall–Kier alpha value is -2.15. The Bertz CT molecular complexity index is 713. The summed E-state index contributed by atoms with van der Waals surface area (Å²) in [4.78, 5) is 36.1. The summed E-state index contributed by atoms with van der Waals surface area (Å²) in [5.74, 6) is -1.12. The van der Waals surface area contributed by atoms with Crippen molar-refractivity contribution in [2.75, 3.05) is 13.7 Å². The summed E-state index contributed by atoms with van der Waals surface area (Å²) in [6, 6.07) is 1.83. The monoisotopic (exact) mass is 309 g/mol. The van der Waals surface area contributed by atoms with Crippen LogP contribution in [0.15, 0.2) is 6.07 Å². The van der Waals surface area contributed by atoms with Gasteiger partial charge in [-0.2, -0.15) is 0 Å². The number of ether oxygens (including phenoxy) is 2. The Balaban J connectivity index is 2.69. The summed E-state index contributed by atoms with van der Waals surface area (Å²) in [6.07, 6.45) is 0.623. The summed E-state index contributed by atoms with van der Waals surface area (Å²) < 4.78 is 11.8. The van der Waals surface area contributed by atoms with Crippen molar-refractivity contribution < 1.29 is 23.9 Å². The Labute approximate surface area is 125 Å². The molecule has 2 heterocycles. The van der Waals surface area contributed by atoms with Crippen LogP contribution in [0.5, 0.6) is 0 Å². The van der Waals surface area contributed by atoms with Gasteiger partial charge in [0.1, 0.15) is 12.2 Å². The van der Waals surface area contributed by atoms with E-state index in [1.165, 1.54) is 23.0 Å². The molecule has 0 aliphatic heterocycles. The topological polar surface area (TPSA) is 74.6 Å². The van der Waals surface area contributed by atoms with E-state index in [1.54, 1.807) is 6.92 Å². The lowest BCUT2D eigenvalue weighted by Crippen LogP contribution is -2.19. The van der Waals surface area contributed by atoms with E-state index in [0.717, 1.165) is 4.88 Å². The van der Waals surface area contributed by atoms with Crippen molar-refractivity contribution in [1.82, 2.24) is 4.57 Å². The van der Waals surface area contributed by atoms with Gasteiger partial charge in [0.05, 0.1) is 29.5 Å². The zero-order valence-corrected chi connectivity index (χ0v) is 12.8. The van der Waals surface area contributed by atoms with E-state index in [1.807, 2.05) is 13.0 Å². The molecule has 2 rings (SSSR count). The first kappa shape index (κ1) is 15.2. The lowest BCUT2D eigenvalue weighted by Gasteiger charge is -2.09. The van der Waals surface area contributed by atoms with Gasteiger partial charge in [-0.15, -0.1) is 11.3 Å². The molecule has 2 aromatic rings. The number of aryl methyl sites for hydroxylation is 1. The highest BCUT2D eigenvalue weighted by Gasteiger charge is 2.26. The molecule has 0 atom stereocenters. The third kappa shape index (κ3) is 2.69. The number of esters is 2. The maximum Gasteiger partial charge on any atom is 0.355 e. The highest BCUT2D eigenvalue weighted by molar-refractivity contribution is 7.19. The van der Waals surface area contributed by atoms with Crippen LogP contribution >= 0.6 is 11.3 Å². The van der Waals surface area contributed by atoms with Gasteiger partial charge in [0.2, 0.25) is 0 Å². The van der Waals surface area contributed by atoms with Gasteiger partial charge in [-0.1, -0.05) is 0 Å². The van der Waals surface area contributed by atoms with Gasteiger partial charge >= 0.3 is 11.9 Å². The van der Waals surface area contributed by atoms with E-state index < -0.39 is 11.9 Å². The van der Waals surface area contributed by atoms with Crippen molar-refractivity contribution in [2.24, 2.45) is 0 Å². The number of hydrogen-bond acceptors (Lipinski definition) is 6. The van der Waals surface area contributed by atoms with Crippen molar-refractivity contribution in [1.29, 1.82) is 0 Å². The van der Waals surface area contributed by atoms with E-state index in [9.17, 15) is 14.4 Å². The van der Waals surface area contributed by atoms with Crippen LogP contribution in [0.1, 0.15) is 32.6 Å². The maximum atomic E-state index is 12.1. The van der Waals surface area contributed by atoms with Crippen molar-refractivity contribution in [3.8, 4) is 0 Å². The van der Waals surface area contributed by atoms with E-state index in [0.29, 0.717) is 16.5 Å². The average Bonchev–Trinajstić information content (AvgIpc) is 2.95. The molecule has 0 spiro atoms. The lowest BCUT2D eigenvalue weighted by atomic mass is 10.2. The van der Waals surface area contributed by atoms with Crippen LogP contribution in [0.3, 0.4) is 0 Å². The number of rotatable bonds is 5. The molecule has 0 saturated heterocycles. The molecule has 0 amide bonds. The van der Waals surface area contributed by atoms with E-state index in [4.69, 9.17) is 4.74 Å². The van der Waals surface area contributed by atoms with Gasteiger partial charge in [0, 0.05) is 4.88 Å². The fourth-order valence-corrected chi connectivity index (χ4v) is 3.18. The van der Waals surface area contributed by atoms with Gasteiger partial charge in [-0.25, -0.2) is 4.79 Å². The first-order chi connectivity index (χ1) is 10.0. The quantitative estimate of drug-likeness (QED) is 0.625. The minimum Gasteiger partial charge on any atom is -0.468 e. The number of carbonyl (C=O) groups excluding carboxylic acids is 3. The summed E-state index contributed by atoms with van der Waals surface area (Å²) >= 11 is 1.40. The van der Waals surface area contributed by atoms with E-state index >= 15 is 0 Å². The van der Waals surface area contributed by atoms with Gasteiger partial charge < -0.3 is 14.0 Å². The minimum atomic E-state index is -0.621. The lowest BCUT2D eigenvalue weighted by molar-refractivity contribution is -0.141. The fraction of sp³-hybridized carbons (Fsp3) is 0.357. The van der Waals surface area contributed by atoms with Crippen molar-refractivity contribution >= 4 is 39.8 Å². The van der Waals surface area contributed by atoms with Crippen molar-refractivity contribution in [3.63, 3.8) is 0 Å². The van der Waals surface area contributed by atoms with E-state index in [-0.39, 0.29) is 24.4 Å². The number of fused-ring (bicyclic) bond motifs is 1. The Morgan fingerprint density at radius 3 is 2.71 bits per heavy atom. The molecule has 0 aliphatic carbocycles. The molecule has 0 bridgehead atoms. The van der Waals surface area contributed by atoms with Crippen molar-refractivity contribution in [3.05, 3.63) is 22.2 Å². The highest BCUT2D eigenvalue weighted by Crippen LogP contribution is 2.33. The number of thiophene rings is 1. The molecular weight excluding hydrogens is 294 g/mol. The molecule has 0 aromatic carbocycles. The molecular formula is C14H15NO5S. The standard InChI is InChI=1S/C14H15NO5S/c1-4-20-14(18)12-9(7-16)13-10(5-8(2)21-13)15(12)6-11(17)19-3/h5,7H,4,6H2,1-3H3. The van der Waals surface area contributed by atoms with Crippen LogP contribution in [0.4, 0.5) is 0 Å². The first-order valence-corrected chi connectivity index (χ1v) is 7.16. The predicted molar refractivity (Wildman–Crippen MR) is 77.9 cm³/mol. The third-order valence-electron chi connectivity index (χ3n) is 3.00. The number of aldehydes is 1. The second kappa shape index (κ2) is 6.09. The molecule has 0 saturated carbocycles. The van der Waals surface area contributed by atoms with Crippen LogP contribution in [0.2, 0.25) is 0 Å². The minimum absolute atomic E-state index is 0.0958. The summed E-state index contributed by atoms with van der Waals surface area (Å²) in [5, 5.41) is 0. The number of hydrogen-bond donors (Lipinski definition) is 0. The van der Waals surface area contributed by atoms with E-state index in [2.05, 4.69) is 4.74 Å². The summed E-state index contributed by atoms with van der Waals surface area (Å²) in [6.45, 7) is 3.61. The molecule has 2 aromatic heterocycles. The van der Waals surface area contributed by atoms with Gasteiger partial charge in [-0.3, -0.25) is 9.59 Å². The highest BCUT2D eigenvalue weighted by atomic mass is 32.1. The molecule has 0 radical (unpaired) electrons. The van der Waals surface area contributed by atoms with Crippen LogP contribution in [0.25, 0.3) is 10.2 Å². The molecule has 0 N–H and O–H groups in total. The van der Waals surface area contributed by atoms with Gasteiger partial charge in [0.15, 0.2) is 6.29 Å². The molecule has 0 unspecified atom stereocenters. The van der Waals surface area contributed by atoms with Crippen molar-refractivity contribution in [2.45, 2.75) is 20.4 Å². The molecule has 7 heteroatoms.